The van der Waals surface area contributed by atoms with Crippen LogP contribution in [-0.2, 0) is 14.6 Å². The molecular formula is C15H29IN4O3S2. The fourth-order valence-electron chi connectivity index (χ4n) is 2.97. The molecule has 2 aliphatic rings. The summed E-state index contributed by atoms with van der Waals surface area (Å²) in [5.74, 6) is 2.01. The Morgan fingerprint density at radius 3 is 2.68 bits per heavy atom. The predicted molar refractivity (Wildman–Crippen MR) is 115 cm³/mol. The number of guanidine groups is 1. The van der Waals surface area contributed by atoms with Gasteiger partial charge in [-0.3, -0.25) is 9.79 Å². The Balaban J connectivity index is 0.00000312. The summed E-state index contributed by atoms with van der Waals surface area (Å²) in [6.45, 7) is 3.58. The van der Waals surface area contributed by atoms with Crippen molar-refractivity contribution in [1.29, 1.82) is 0 Å². The number of amides is 1. The fourth-order valence-corrected chi connectivity index (χ4v) is 5.89. The number of thioether (sulfide) groups is 1. The lowest BCUT2D eigenvalue weighted by Crippen LogP contribution is -2.45. The van der Waals surface area contributed by atoms with E-state index in [0.29, 0.717) is 25.3 Å². The molecule has 0 radical (unpaired) electrons. The standard InChI is InChI=1S/C15H28N4O3S2.HI/c1-15(6-3-8-23-15)11-18-14(16-2)17-7-4-13(20)19-12-5-9-24(21,22)10-12;/h12H,3-11H2,1-2H3,(H,19,20)(H2,16,17,18);1H. The van der Waals surface area contributed by atoms with Gasteiger partial charge in [0.2, 0.25) is 5.91 Å². The minimum atomic E-state index is -2.96. The van der Waals surface area contributed by atoms with E-state index < -0.39 is 9.84 Å². The lowest BCUT2D eigenvalue weighted by molar-refractivity contribution is -0.121. The number of carbonyl (C=O) groups excluding carboxylic acids is 1. The molecule has 0 saturated carbocycles. The first-order valence-electron chi connectivity index (χ1n) is 8.40. The van der Waals surface area contributed by atoms with Crippen LogP contribution in [0, 0.1) is 0 Å². The first-order chi connectivity index (χ1) is 11.3. The van der Waals surface area contributed by atoms with E-state index in [2.05, 4.69) is 27.9 Å². The van der Waals surface area contributed by atoms with E-state index in [0.717, 1.165) is 6.54 Å². The third-order valence-electron chi connectivity index (χ3n) is 4.40. The number of hydrogen-bond acceptors (Lipinski definition) is 5. The average Bonchev–Trinajstić information content (AvgIpc) is 3.09. The summed E-state index contributed by atoms with van der Waals surface area (Å²) in [5.41, 5.74) is 0. The van der Waals surface area contributed by atoms with Crippen LogP contribution in [0.15, 0.2) is 4.99 Å². The van der Waals surface area contributed by atoms with Gasteiger partial charge in [-0.05, 0) is 31.9 Å². The molecule has 2 aliphatic heterocycles. The predicted octanol–water partition coefficient (Wildman–Crippen LogP) is 0.748. The topological polar surface area (TPSA) is 99.7 Å². The first kappa shape index (κ1) is 22.8. The third kappa shape index (κ3) is 7.90. The molecule has 25 heavy (non-hydrogen) atoms. The molecule has 2 rings (SSSR count). The molecule has 2 unspecified atom stereocenters. The minimum absolute atomic E-state index is 0. The lowest BCUT2D eigenvalue weighted by atomic mass is 10.1. The Morgan fingerprint density at radius 2 is 2.12 bits per heavy atom. The van der Waals surface area contributed by atoms with Crippen LogP contribution in [0.2, 0.25) is 0 Å². The Kier molecular flexibility index (Phi) is 9.30. The normalized spacial score (nSPS) is 28.2. The molecule has 0 aromatic carbocycles. The highest BCUT2D eigenvalue weighted by molar-refractivity contribution is 14.0. The maximum Gasteiger partial charge on any atom is 0.222 e. The van der Waals surface area contributed by atoms with E-state index in [1.54, 1.807) is 7.05 Å². The maximum atomic E-state index is 11.9. The van der Waals surface area contributed by atoms with E-state index >= 15 is 0 Å². The van der Waals surface area contributed by atoms with E-state index in [9.17, 15) is 13.2 Å². The lowest BCUT2D eigenvalue weighted by Gasteiger charge is -2.24. The van der Waals surface area contributed by atoms with Gasteiger partial charge in [0.15, 0.2) is 15.8 Å². The van der Waals surface area contributed by atoms with E-state index in [4.69, 9.17) is 0 Å². The Labute approximate surface area is 171 Å². The van der Waals surface area contributed by atoms with Crippen LogP contribution in [-0.4, -0.2) is 68.5 Å². The molecule has 0 spiro atoms. The molecule has 7 nitrogen and oxygen atoms in total. The summed E-state index contributed by atoms with van der Waals surface area (Å²) in [6, 6.07) is -0.237. The van der Waals surface area contributed by atoms with Gasteiger partial charge in [0.1, 0.15) is 0 Å². The quantitative estimate of drug-likeness (QED) is 0.281. The average molecular weight is 504 g/mol. The second-order valence-electron chi connectivity index (χ2n) is 6.67. The minimum Gasteiger partial charge on any atom is -0.356 e. The zero-order valence-electron chi connectivity index (χ0n) is 14.8. The van der Waals surface area contributed by atoms with Gasteiger partial charge in [0.25, 0.3) is 0 Å². The number of aliphatic imine (C=N–C) groups is 1. The van der Waals surface area contributed by atoms with Crippen LogP contribution in [0.4, 0.5) is 0 Å². The van der Waals surface area contributed by atoms with Gasteiger partial charge in [-0.2, -0.15) is 11.8 Å². The summed E-state index contributed by atoms with van der Waals surface area (Å²) >= 11 is 1.98. The molecule has 0 aliphatic carbocycles. The van der Waals surface area contributed by atoms with Gasteiger partial charge in [0.05, 0.1) is 11.5 Å². The summed E-state index contributed by atoms with van der Waals surface area (Å²) in [4.78, 5) is 16.1. The smallest absolute Gasteiger partial charge is 0.222 e. The molecule has 2 atom stereocenters. The number of hydrogen-bond donors (Lipinski definition) is 3. The molecule has 2 fully saturated rings. The van der Waals surface area contributed by atoms with Crippen molar-refractivity contribution >= 4 is 57.4 Å². The molecule has 10 heteroatoms. The summed E-state index contributed by atoms with van der Waals surface area (Å²) in [7, 11) is -1.25. The van der Waals surface area contributed by atoms with Crippen molar-refractivity contribution in [1.82, 2.24) is 16.0 Å². The second kappa shape index (κ2) is 10.2. The second-order valence-corrected chi connectivity index (χ2v) is 10.6. The van der Waals surface area contributed by atoms with Crippen molar-refractivity contribution in [3.05, 3.63) is 0 Å². The van der Waals surface area contributed by atoms with Crippen LogP contribution >= 0.6 is 35.7 Å². The molecular weight excluding hydrogens is 475 g/mol. The van der Waals surface area contributed by atoms with Crippen molar-refractivity contribution in [2.45, 2.75) is 43.4 Å². The summed E-state index contributed by atoms with van der Waals surface area (Å²) in [5, 5.41) is 9.24. The largest absolute Gasteiger partial charge is 0.356 e. The summed E-state index contributed by atoms with van der Waals surface area (Å²) in [6.07, 6.45) is 3.27. The van der Waals surface area contributed by atoms with Crippen molar-refractivity contribution < 1.29 is 13.2 Å². The van der Waals surface area contributed by atoms with Gasteiger partial charge < -0.3 is 16.0 Å². The molecule has 2 heterocycles. The van der Waals surface area contributed by atoms with E-state index in [-0.39, 0.29) is 52.2 Å². The van der Waals surface area contributed by atoms with Gasteiger partial charge in [-0.1, -0.05) is 0 Å². The highest BCUT2D eigenvalue weighted by atomic mass is 127. The van der Waals surface area contributed by atoms with Crippen molar-refractivity contribution in [2.75, 3.05) is 37.4 Å². The van der Waals surface area contributed by atoms with Gasteiger partial charge in [-0.15, -0.1) is 24.0 Å². The zero-order chi connectivity index (χ0) is 17.6. The molecule has 146 valence electrons. The van der Waals surface area contributed by atoms with Crippen molar-refractivity contribution in [3.8, 4) is 0 Å². The third-order valence-corrected chi connectivity index (χ3v) is 7.70. The molecule has 2 saturated heterocycles. The SMILES string of the molecule is CN=C(NCCC(=O)NC1CCS(=O)(=O)C1)NCC1(C)CCCS1.I. The molecule has 0 aromatic heterocycles. The number of sulfone groups is 1. The van der Waals surface area contributed by atoms with Crippen molar-refractivity contribution in [2.24, 2.45) is 4.99 Å². The Hall–Kier alpha value is -0.230. The monoisotopic (exact) mass is 504 g/mol. The highest BCUT2D eigenvalue weighted by Gasteiger charge is 2.30. The first-order valence-corrected chi connectivity index (χ1v) is 11.2. The van der Waals surface area contributed by atoms with E-state index in [1.165, 1.54) is 18.6 Å². The van der Waals surface area contributed by atoms with Crippen LogP contribution in [0.5, 0.6) is 0 Å². The molecule has 0 bridgehead atoms. The fraction of sp³-hybridized carbons (Fsp3) is 0.867. The molecule has 1 amide bonds. The molecule has 0 aromatic rings. The number of halogens is 1. The number of nitrogens with zero attached hydrogens (tertiary/aromatic N) is 1. The maximum absolute atomic E-state index is 11.9. The van der Waals surface area contributed by atoms with Crippen LogP contribution in [0.3, 0.4) is 0 Å². The Bertz CT molecular complexity index is 577. The van der Waals surface area contributed by atoms with Gasteiger partial charge >= 0.3 is 0 Å². The van der Waals surface area contributed by atoms with Crippen LogP contribution in [0.25, 0.3) is 0 Å². The number of nitrogens with one attached hydrogen (secondary N) is 3. The number of carbonyl (C=O) groups is 1. The van der Waals surface area contributed by atoms with Crippen LogP contribution in [0.1, 0.15) is 32.6 Å². The van der Waals surface area contributed by atoms with E-state index in [1.807, 2.05) is 11.8 Å². The zero-order valence-corrected chi connectivity index (χ0v) is 18.8. The number of rotatable bonds is 6. The van der Waals surface area contributed by atoms with Gasteiger partial charge in [-0.25, -0.2) is 8.42 Å². The summed E-state index contributed by atoms with van der Waals surface area (Å²) < 4.78 is 23.0. The highest BCUT2D eigenvalue weighted by Crippen LogP contribution is 2.36. The molecule has 3 N–H and O–H groups in total. The van der Waals surface area contributed by atoms with Gasteiger partial charge in [0, 0.05) is 37.3 Å². The van der Waals surface area contributed by atoms with Crippen LogP contribution < -0.4 is 16.0 Å². The van der Waals surface area contributed by atoms with Crippen molar-refractivity contribution in [3.63, 3.8) is 0 Å². The Morgan fingerprint density at radius 1 is 1.36 bits per heavy atom.